The molecular weight excluding hydrogens is 212 g/mol. The molecule has 0 saturated carbocycles. The monoisotopic (exact) mass is 220 g/mol. The number of amides is 1. The number of hydrogen-bond acceptors (Lipinski definition) is 3. The maximum atomic E-state index is 11.6. The minimum Gasteiger partial charge on any atom is -0.477 e. The zero-order valence-corrected chi connectivity index (χ0v) is 8.02. The number of hydrogen-bond donors (Lipinski definition) is 4. The molecular formula is C9H8N4O3. The number of carboxylic acid groups (broad SMARTS) is 1. The fraction of sp³-hybridized carbons (Fsp3) is 0. The van der Waals surface area contributed by atoms with E-state index in [9.17, 15) is 9.59 Å². The summed E-state index contributed by atoms with van der Waals surface area (Å²) in [4.78, 5) is 25.0. The van der Waals surface area contributed by atoms with Gasteiger partial charge in [0.1, 0.15) is 17.1 Å². The van der Waals surface area contributed by atoms with Crippen LogP contribution < -0.4 is 5.32 Å². The zero-order chi connectivity index (χ0) is 11.5. The van der Waals surface area contributed by atoms with E-state index in [1.54, 1.807) is 18.3 Å². The Morgan fingerprint density at radius 1 is 1.44 bits per heavy atom. The fourth-order valence-corrected chi connectivity index (χ4v) is 1.20. The van der Waals surface area contributed by atoms with Crippen molar-refractivity contribution in [3.05, 3.63) is 35.8 Å². The lowest BCUT2D eigenvalue weighted by Crippen LogP contribution is -2.14. The highest BCUT2D eigenvalue weighted by Gasteiger charge is 2.15. The Balaban J connectivity index is 2.18. The number of nitrogens with zero attached hydrogens (tertiary/aromatic N) is 1. The minimum absolute atomic E-state index is 0.0621. The molecule has 7 nitrogen and oxygen atoms in total. The Morgan fingerprint density at radius 2 is 2.25 bits per heavy atom. The third-order valence-corrected chi connectivity index (χ3v) is 1.95. The Kier molecular flexibility index (Phi) is 2.42. The lowest BCUT2D eigenvalue weighted by atomic mass is 10.3. The highest BCUT2D eigenvalue weighted by Crippen LogP contribution is 2.11. The van der Waals surface area contributed by atoms with Gasteiger partial charge in [0.15, 0.2) is 0 Å². The molecule has 2 aromatic rings. The van der Waals surface area contributed by atoms with Gasteiger partial charge in [-0.15, -0.1) is 0 Å². The first kappa shape index (κ1) is 9.97. The van der Waals surface area contributed by atoms with Gasteiger partial charge in [0, 0.05) is 6.20 Å². The fourth-order valence-electron chi connectivity index (χ4n) is 1.20. The van der Waals surface area contributed by atoms with Gasteiger partial charge in [-0.2, -0.15) is 5.10 Å². The normalized spacial score (nSPS) is 10.0. The van der Waals surface area contributed by atoms with Crippen LogP contribution in [0.2, 0.25) is 0 Å². The second-order valence-electron chi connectivity index (χ2n) is 3.00. The average Bonchev–Trinajstić information content (AvgIpc) is 2.86. The Labute approximate surface area is 89.5 Å². The lowest BCUT2D eigenvalue weighted by molar-refractivity contribution is 0.0698. The molecule has 0 aromatic carbocycles. The summed E-state index contributed by atoms with van der Waals surface area (Å²) in [6.45, 7) is 0. The number of aromatic carboxylic acids is 1. The van der Waals surface area contributed by atoms with Crippen LogP contribution in [0.25, 0.3) is 0 Å². The maximum Gasteiger partial charge on any atom is 0.341 e. The molecule has 0 saturated heterocycles. The molecule has 0 aliphatic carbocycles. The zero-order valence-electron chi connectivity index (χ0n) is 8.02. The Morgan fingerprint density at radius 3 is 2.88 bits per heavy atom. The quantitative estimate of drug-likeness (QED) is 0.609. The summed E-state index contributed by atoms with van der Waals surface area (Å²) in [5.74, 6) is -1.53. The van der Waals surface area contributed by atoms with E-state index in [4.69, 9.17) is 5.11 Å². The van der Waals surface area contributed by atoms with E-state index in [1.807, 2.05) is 0 Å². The summed E-state index contributed by atoms with van der Waals surface area (Å²) in [5, 5.41) is 17.1. The first-order valence-corrected chi connectivity index (χ1v) is 4.40. The first-order chi connectivity index (χ1) is 7.68. The summed E-state index contributed by atoms with van der Waals surface area (Å²) < 4.78 is 0. The number of carbonyl (C=O) groups is 2. The second-order valence-corrected chi connectivity index (χ2v) is 3.00. The predicted molar refractivity (Wildman–Crippen MR) is 54.3 cm³/mol. The van der Waals surface area contributed by atoms with Crippen molar-refractivity contribution >= 4 is 17.7 Å². The molecule has 0 spiro atoms. The minimum atomic E-state index is -1.16. The molecule has 0 atom stereocenters. The molecule has 4 N–H and O–H groups in total. The second kappa shape index (κ2) is 3.89. The summed E-state index contributed by atoms with van der Waals surface area (Å²) in [7, 11) is 0. The molecule has 1 amide bonds. The molecule has 16 heavy (non-hydrogen) atoms. The third kappa shape index (κ3) is 1.78. The van der Waals surface area contributed by atoms with Crippen LogP contribution in [0.5, 0.6) is 0 Å². The van der Waals surface area contributed by atoms with Crippen molar-refractivity contribution in [2.24, 2.45) is 0 Å². The van der Waals surface area contributed by atoms with Gasteiger partial charge in [0.05, 0.1) is 6.20 Å². The predicted octanol–water partition coefficient (Wildman–Crippen LogP) is 0.688. The van der Waals surface area contributed by atoms with Crippen molar-refractivity contribution in [2.75, 3.05) is 5.32 Å². The van der Waals surface area contributed by atoms with Gasteiger partial charge >= 0.3 is 5.97 Å². The van der Waals surface area contributed by atoms with Crippen molar-refractivity contribution in [3.63, 3.8) is 0 Å². The van der Waals surface area contributed by atoms with Gasteiger partial charge in [-0.05, 0) is 12.1 Å². The molecule has 7 heteroatoms. The SMILES string of the molecule is O=C(Nc1[nH]ncc1C(=O)O)c1ccc[nH]1. The van der Waals surface area contributed by atoms with Crippen molar-refractivity contribution in [1.29, 1.82) is 0 Å². The summed E-state index contributed by atoms with van der Waals surface area (Å²) in [5.41, 5.74) is 0.255. The molecule has 0 fully saturated rings. The number of anilines is 1. The highest BCUT2D eigenvalue weighted by atomic mass is 16.4. The van der Waals surface area contributed by atoms with E-state index in [1.165, 1.54) is 0 Å². The van der Waals surface area contributed by atoms with Crippen molar-refractivity contribution in [2.45, 2.75) is 0 Å². The largest absolute Gasteiger partial charge is 0.477 e. The van der Waals surface area contributed by atoms with Crippen LogP contribution >= 0.6 is 0 Å². The number of rotatable bonds is 3. The van der Waals surface area contributed by atoms with Crippen LogP contribution in [0.15, 0.2) is 24.5 Å². The van der Waals surface area contributed by atoms with E-state index >= 15 is 0 Å². The smallest absolute Gasteiger partial charge is 0.341 e. The van der Waals surface area contributed by atoms with Gasteiger partial charge in [0.2, 0.25) is 0 Å². The van der Waals surface area contributed by atoms with Crippen molar-refractivity contribution < 1.29 is 14.7 Å². The van der Waals surface area contributed by atoms with Gasteiger partial charge in [0.25, 0.3) is 5.91 Å². The van der Waals surface area contributed by atoms with Crippen LogP contribution in [0, 0.1) is 0 Å². The van der Waals surface area contributed by atoms with Gasteiger partial charge in [-0.1, -0.05) is 0 Å². The molecule has 82 valence electrons. The topological polar surface area (TPSA) is 111 Å². The number of carboxylic acids is 1. The number of H-pyrrole nitrogens is 2. The van der Waals surface area contributed by atoms with E-state index in [-0.39, 0.29) is 11.4 Å². The molecule has 2 aromatic heterocycles. The number of aromatic amines is 2. The van der Waals surface area contributed by atoms with Gasteiger partial charge in [-0.3, -0.25) is 9.89 Å². The van der Waals surface area contributed by atoms with Crippen LogP contribution in [0.1, 0.15) is 20.8 Å². The van der Waals surface area contributed by atoms with Crippen molar-refractivity contribution in [3.8, 4) is 0 Å². The average molecular weight is 220 g/mol. The van der Waals surface area contributed by atoms with Crippen LogP contribution in [-0.2, 0) is 0 Å². The van der Waals surface area contributed by atoms with Gasteiger partial charge in [-0.25, -0.2) is 4.79 Å². The summed E-state index contributed by atoms with van der Waals surface area (Å²) in [6, 6.07) is 3.24. The molecule has 0 unspecified atom stereocenters. The summed E-state index contributed by atoms with van der Waals surface area (Å²) >= 11 is 0. The summed E-state index contributed by atoms with van der Waals surface area (Å²) in [6.07, 6.45) is 2.73. The first-order valence-electron chi connectivity index (χ1n) is 4.40. The molecule has 0 aliphatic rings. The molecule has 2 rings (SSSR count). The number of nitrogens with one attached hydrogen (secondary N) is 3. The van der Waals surface area contributed by atoms with E-state index < -0.39 is 11.9 Å². The lowest BCUT2D eigenvalue weighted by Gasteiger charge is -2.01. The van der Waals surface area contributed by atoms with Gasteiger partial charge < -0.3 is 15.4 Å². The van der Waals surface area contributed by atoms with Crippen LogP contribution in [-0.4, -0.2) is 32.2 Å². The number of aromatic nitrogens is 3. The molecule has 0 bridgehead atoms. The van der Waals surface area contributed by atoms with E-state index in [2.05, 4.69) is 20.5 Å². The third-order valence-electron chi connectivity index (χ3n) is 1.95. The standard InChI is InChI=1S/C9H8N4O3/c14-8(6-2-1-3-10-6)12-7-5(9(15)16)4-11-13-7/h1-4,10H,(H,15,16)(H2,11,12,13,14). The molecule has 0 radical (unpaired) electrons. The van der Waals surface area contributed by atoms with Crippen molar-refractivity contribution in [1.82, 2.24) is 15.2 Å². The molecule has 0 aliphatic heterocycles. The Hall–Kier alpha value is -2.57. The van der Waals surface area contributed by atoms with Crippen LogP contribution in [0.4, 0.5) is 5.82 Å². The molecule has 2 heterocycles. The Bertz CT molecular complexity index is 515. The highest BCUT2D eigenvalue weighted by molar-refractivity contribution is 6.05. The van der Waals surface area contributed by atoms with E-state index in [0.29, 0.717) is 5.69 Å². The van der Waals surface area contributed by atoms with Crippen LogP contribution in [0.3, 0.4) is 0 Å². The van der Waals surface area contributed by atoms with E-state index in [0.717, 1.165) is 6.20 Å². The number of carbonyl (C=O) groups excluding carboxylic acids is 1. The maximum absolute atomic E-state index is 11.6.